The number of nitrogens with zero attached hydrogens (tertiary/aromatic N) is 1. The van der Waals surface area contributed by atoms with Gasteiger partial charge in [0.1, 0.15) is 24.0 Å². The van der Waals surface area contributed by atoms with Gasteiger partial charge in [0.2, 0.25) is 0 Å². The Morgan fingerprint density at radius 2 is 1.85 bits per heavy atom. The molecule has 0 saturated carbocycles. The lowest BCUT2D eigenvalue weighted by molar-refractivity contribution is -0.132. The molecule has 0 atom stereocenters. The fourth-order valence-corrected chi connectivity index (χ4v) is 2.76. The molecule has 1 N–H and O–H groups in total. The van der Waals surface area contributed by atoms with Crippen molar-refractivity contribution in [1.82, 2.24) is 0 Å². The maximum Gasteiger partial charge on any atom is 0.346 e. The summed E-state index contributed by atoms with van der Waals surface area (Å²) in [6.07, 6.45) is 1.37. The Morgan fingerprint density at radius 3 is 2.58 bits per heavy atom. The van der Waals surface area contributed by atoms with Crippen LogP contribution in [0.1, 0.15) is 16.7 Å². The lowest BCUT2D eigenvalue weighted by Crippen LogP contribution is -2.01. The van der Waals surface area contributed by atoms with Crippen LogP contribution in [-0.2, 0) is 11.4 Å². The number of aryl methyl sites for hydroxylation is 1. The first-order valence-corrected chi connectivity index (χ1v) is 8.14. The van der Waals surface area contributed by atoms with Gasteiger partial charge in [-0.25, -0.2) is 4.79 Å². The van der Waals surface area contributed by atoms with Gasteiger partial charge in [-0.2, -0.15) is 5.26 Å². The van der Waals surface area contributed by atoms with E-state index in [2.05, 4.69) is 0 Å². The van der Waals surface area contributed by atoms with E-state index >= 15 is 0 Å². The summed E-state index contributed by atoms with van der Waals surface area (Å²) in [7, 11) is 0. The number of benzene rings is 3. The molecule has 0 bridgehead atoms. The van der Waals surface area contributed by atoms with Gasteiger partial charge in [0, 0.05) is 5.56 Å². The predicted molar refractivity (Wildman–Crippen MR) is 101 cm³/mol. The lowest BCUT2D eigenvalue weighted by atomic mass is 10.0. The molecule has 128 valence electrons. The molecule has 0 amide bonds. The third-order valence-corrected chi connectivity index (χ3v) is 4.21. The lowest BCUT2D eigenvalue weighted by Gasteiger charge is -2.13. The van der Waals surface area contributed by atoms with E-state index in [1.165, 1.54) is 6.08 Å². The van der Waals surface area contributed by atoms with Crippen molar-refractivity contribution in [3.8, 4) is 11.8 Å². The molecule has 4 heteroatoms. The Kier molecular flexibility index (Phi) is 5.00. The zero-order valence-electron chi connectivity index (χ0n) is 14.3. The molecule has 0 aliphatic rings. The molecule has 26 heavy (non-hydrogen) atoms. The Balaban J connectivity index is 2.07. The molecule has 0 fully saturated rings. The summed E-state index contributed by atoms with van der Waals surface area (Å²) >= 11 is 0. The molecule has 0 spiro atoms. The Hall–Kier alpha value is -3.58. The van der Waals surface area contributed by atoms with Crippen molar-refractivity contribution in [1.29, 1.82) is 5.26 Å². The number of hydrogen-bond acceptors (Lipinski definition) is 3. The molecule has 0 heterocycles. The molecule has 4 nitrogen and oxygen atoms in total. The number of ether oxygens (including phenoxy) is 1. The largest absolute Gasteiger partial charge is 0.488 e. The van der Waals surface area contributed by atoms with E-state index < -0.39 is 5.97 Å². The van der Waals surface area contributed by atoms with Crippen molar-refractivity contribution in [2.75, 3.05) is 0 Å². The molecular weight excluding hydrogens is 326 g/mol. The van der Waals surface area contributed by atoms with E-state index in [4.69, 9.17) is 10.00 Å². The van der Waals surface area contributed by atoms with Gasteiger partial charge in [0.15, 0.2) is 0 Å². The first-order chi connectivity index (χ1) is 12.6. The fraction of sp³-hybridized carbons (Fsp3) is 0.0909. The highest BCUT2D eigenvalue weighted by Crippen LogP contribution is 2.31. The standard InChI is InChI=1S/C22H17NO3/c1-15-6-2-3-8-17(15)14-26-21-11-10-16-7-4-5-9-19(16)20(21)12-18(13-23)22(24)25/h2-12H,14H2,1H3,(H,24,25). The Morgan fingerprint density at radius 1 is 1.12 bits per heavy atom. The molecule has 0 unspecified atom stereocenters. The maximum absolute atomic E-state index is 11.3. The quantitative estimate of drug-likeness (QED) is 0.537. The van der Waals surface area contributed by atoms with Crippen molar-refractivity contribution < 1.29 is 14.6 Å². The number of rotatable bonds is 5. The molecule has 0 aliphatic carbocycles. The first kappa shape index (κ1) is 17.2. The van der Waals surface area contributed by atoms with Crippen LogP contribution in [0.3, 0.4) is 0 Å². The zero-order valence-corrected chi connectivity index (χ0v) is 14.3. The minimum atomic E-state index is -1.26. The van der Waals surface area contributed by atoms with Crippen LogP contribution in [0.2, 0.25) is 0 Å². The van der Waals surface area contributed by atoms with E-state index in [0.717, 1.165) is 21.9 Å². The number of fused-ring (bicyclic) bond motifs is 1. The SMILES string of the molecule is Cc1ccccc1COc1ccc2ccccc2c1C=C(C#N)C(=O)O. The average molecular weight is 343 g/mol. The van der Waals surface area contributed by atoms with E-state index in [-0.39, 0.29) is 5.57 Å². The van der Waals surface area contributed by atoms with E-state index in [9.17, 15) is 9.90 Å². The number of nitriles is 1. The number of hydrogen-bond donors (Lipinski definition) is 1. The third-order valence-electron chi connectivity index (χ3n) is 4.21. The molecule has 0 radical (unpaired) electrons. The monoisotopic (exact) mass is 343 g/mol. The van der Waals surface area contributed by atoms with Gasteiger partial charge in [-0.1, -0.05) is 54.6 Å². The summed E-state index contributed by atoms with van der Waals surface area (Å²) in [5, 5.41) is 20.1. The van der Waals surface area contributed by atoms with Crippen molar-refractivity contribution in [3.63, 3.8) is 0 Å². The van der Waals surface area contributed by atoms with E-state index in [1.54, 1.807) is 6.07 Å². The van der Waals surface area contributed by atoms with Gasteiger partial charge in [-0.15, -0.1) is 0 Å². The van der Waals surface area contributed by atoms with Crippen LogP contribution < -0.4 is 4.74 Å². The summed E-state index contributed by atoms with van der Waals surface area (Å²) in [4.78, 5) is 11.3. The number of carboxylic acids is 1. The minimum absolute atomic E-state index is 0.331. The molecule has 0 saturated heterocycles. The second-order valence-corrected chi connectivity index (χ2v) is 5.89. The number of carboxylic acid groups (broad SMARTS) is 1. The second kappa shape index (κ2) is 7.54. The van der Waals surface area contributed by atoms with Gasteiger partial charge in [-0.3, -0.25) is 0 Å². The second-order valence-electron chi connectivity index (χ2n) is 5.89. The van der Waals surface area contributed by atoms with Crippen molar-refractivity contribution in [3.05, 3.63) is 82.9 Å². The summed E-state index contributed by atoms with van der Waals surface area (Å²) in [5.41, 5.74) is 2.43. The molecule has 3 aromatic rings. The summed E-state index contributed by atoms with van der Waals surface area (Å²) in [6.45, 7) is 2.37. The van der Waals surface area contributed by atoms with E-state index in [0.29, 0.717) is 17.9 Å². The third kappa shape index (κ3) is 3.57. The summed E-state index contributed by atoms with van der Waals surface area (Å²) < 4.78 is 5.99. The van der Waals surface area contributed by atoms with Crippen LogP contribution in [-0.4, -0.2) is 11.1 Å². The first-order valence-electron chi connectivity index (χ1n) is 8.14. The predicted octanol–water partition coefficient (Wildman–Crippen LogP) is 4.72. The van der Waals surface area contributed by atoms with Crippen molar-refractivity contribution in [2.45, 2.75) is 13.5 Å². The van der Waals surface area contributed by atoms with Crippen LogP contribution in [0.5, 0.6) is 5.75 Å². The van der Waals surface area contributed by atoms with Crippen LogP contribution in [0.25, 0.3) is 16.8 Å². The fourth-order valence-electron chi connectivity index (χ4n) is 2.76. The Bertz CT molecular complexity index is 1040. The van der Waals surface area contributed by atoms with Gasteiger partial charge in [0.25, 0.3) is 0 Å². The topological polar surface area (TPSA) is 70.3 Å². The van der Waals surface area contributed by atoms with Crippen LogP contribution in [0.4, 0.5) is 0 Å². The van der Waals surface area contributed by atoms with Crippen LogP contribution in [0, 0.1) is 18.3 Å². The molecule has 3 rings (SSSR count). The molecule has 0 aromatic heterocycles. The average Bonchev–Trinajstić information content (AvgIpc) is 2.65. The van der Waals surface area contributed by atoms with Crippen molar-refractivity contribution in [2.24, 2.45) is 0 Å². The smallest absolute Gasteiger partial charge is 0.346 e. The van der Waals surface area contributed by atoms with Gasteiger partial charge < -0.3 is 9.84 Å². The summed E-state index contributed by atoms with van der Waals surface area (Å²) in [6, 6.07) is 21.0. The van der Waals surface area contributed by atoms with E-state index in [1.807, 2.05) is 67.6 Å². The number of carbonyl (C=O) groups is 1. The molecule has 3 aromatic carbocycles. The van der Waals surface area contributed by atoms with Gasteiger partial charge in [0.05, 0.1) is 0 Å². The maximum atomic E-state index is 11.3. The Labute approximate surface area is 151 Å². The zero-order chi connectivity index (χ0) is 18.5. The highest BCUT2D eigenvalue weighted by atomic mass is 16.5. The van der Waals surface area contributed by atoms with Crippen molar-refractivity contribution >= 4 is 22.8 Å². The van der Waals surface area contributed by atoms with Gasteiger partial charge >= 0.3 is 5.97 Å². The highest BCUT2D eigenvalue weighted by molar-refractivity contribution is 6.01. The number of aliphatic carboxylic acids is 1. The molecule has 0 aliphatic heterocycles. The minimum Gasteiger partial charge on any atom is -0.488 e. The van der Waals surface area contributed by atoms with Gasteiger partial charge in [-0.05, 0) is 41.0 Å². The highest BCUT2D eigenvalue weighted by Gasteiger charge is 2.12. The van der Waals surface area contributed by atoms with Crippen LogP contribution in [0.15, 0.2) is 66.2 Å². The normalized spacial score (nSPS) is 11.2. The van der Waals surface area contributed by atoms with Crippen LogP contribution >= 0.6 is 0 Å². The molecular formula is C22H17NO3. The summed E-state index contributed by atoms with van der Waals surface area (Å²) in [5.74, 6) is -0.716.